The smallest absolute Gasteiger partial charge is 0.328 e. The Hall–Kier alpha value is -1.90. The standard InChI is InChI=1S/C17H18BrNO5S/c1-3-24-17(20)16(12-7-5-4-6-8-12)19-25(21,22)15-11-13(18)9-10-14(15)23-2/h4-11,16,19H,3H2,1-2H3. The van der Waals surface area contributed by atoms with Gasteiger partial charge >= 0.3 is 5.97 Å². The first-order valence-electron chi connectivity index (χ1n) is 7.46. The predicted octanol–water partition coefficient (Wildman–Crippen LogP) is 3.04. The van der Waals surface area contributed by atoms with Crippen LogP contribution >= 0.6 is 15.9 Å². The number of halogens is 1. The van der Waals surface area contributed by atoms with Gasteiger partial charge < -0.3 is 9.47 Å². The van der Waals surface area contributed by atoms with Crippen LogP contribution in [-0.4, -0.2) is 28.1 Å². The van der Waals surface area contributed by atoms with Crippen molar-refractivity contribution in [3.63, 3.8) is 0 Å². The van der Waals surface area contributed by atoms with E-state index in [0.717, 1.165) is 0 Å². The Balaban J connectivity index is 2.44. The molecule has 0 bridgehead atoms. The van der Waals surface area contributed by atoms with Crippen LogP contribution in [0.4, 0.5) is 0 Å². The number of hydrogen-bond acceptors (Lipinski definition) is 5. The van der Waals surface area contributed by atoms with Gasteiger partial charge in [0, 0.05) is 4.47 Å². The zero-order chi connectivity index (χ0) is 18.4. The summed E-state index contributed by atoms with van der Waals surface area (Å²) in [5.41, 5.74) is 0.485. The van der Waals surface area contributed by atoms with Gasteiger partial charge in [-0.15, -0.1) is 0 Å². The molecule has 1 N–H and O–H groups in total. The second-order valence-corrected chi connectivity index (χ2v) is 7.61. The van der Waals surface area contributed by atoms with Crippen molar-refractivity contribution in [1.82, 2.24) is 4.72 Å². The van der Waals surface area contributed by atoms with Crippen LogP contribution in [-0.2, 0) is 19.6 Å². The fourth-order valence-electron chi connectivity index (χ4n) is 2.20. The highest BCUT2D eigenvalue weighted by Gasteiger charge is 2.30. The molecule has 0 aliphatic rings. The van der Waals surface area contributed by atoms with Crippen LogP contribution in [0.1, 0.15) is 18.5 Å². The molecule has 0 spiro atoms. The normalized spacial score (nSPS) is 12.4. The molecule has 25 heavy (non-hydrogen) atoms. The van der Waals surface area contributed by atoms with Crippen LogP contribution in [0, 0.1) is 0 Å². The molecule has 0 aliphatic heterocycles. The van der Waals surface area contributed by atoms with Crippen molar-refractivity contribution in [2.75, 3.05) is 13.7 Å². The summed E-state index contributed by atoms with van der Waals surface area (Å²) in [4.78, 5) is 12.2. The molecule has 0 aromatic heterocycles. The average Bonchev–Trinajstić information content (AvgIpc) is 2.60. The number of esters is 1. The lowest BCUT2D eigenvalue weighted by molar-refractivity contribution is -0.145. The van der Waals surface area contributed by atoms with Crippen molar-refractivity contribution in [3.8, 4) is 5.75 Å². The summed E-state index contributed by atoms with van der Waals surface area (Å²) >= 11 is 3.24. The fraction of sp³-hybridized carbons (Fsp3) is 0.235. The van der Waals surface area contributed by atoms with Gasteiger partial charge in [0.15, 0.2) is 0 Å². The molecule has 1 atom stereocenters. The van der Waals surface area contributed by atoms with Gasteiger partial charge in [-0.25, -0.2) is 13.2 Å². The number of carbonyl (C=O) groups is 1. The Kier molecular flexibility index (Phi) is 6.57. The molecule has 134 valence electrons. The first-order valence-corrected chi connectivity index (χ1v) is 9.74. The molecule has 0 saturated carbocycles. The van der Waals surface area contributed by atoms with Gasteiger partial charge in [0.25, 0.3) is 0 Å². The van der Waals surface area contributed by atoms with Gasteiger partial charge in [0.1, 0.15) is 16.7 Å². The topological polar surface area (TPSA) is 81.7 Å². The molecule has 2 aromatic rings. The van der Waals surface area contributed by atoms with Gasteiger partial charge in [-0.3, -0.25) is 0 Å². The number of methoxy groups -OCH3 is 1. The molecule has 0 heterocycles. The van der Waals surface area contributed by atoms with Crippen molar-refractivity contribution < 1.29 is 22.7 Å². The highest BCUT2D eigenvalue weighted by molar-refractivity contribution is 9.10. The SMILES string of the molecule is CCOC(=O)C(NS(=O)(=O)c1cc(Br)ccc1OC)c1ccccc1. The van der Waals surface area contributed by atoms with Gasteiger partial charge in [0.05, 0.1) is 13.7 Å². The maximum atomic E-state index is 12.8. The van der Waals surface area contributed by atoms with Crippen molar-refractivity contribution in [2.45, 2.75) is 17.9 Å². The summed E-state index contributed by atoms with van der Waals surface area (Å²) in [5.74, 6) is -0.502. The molecule has 2 aromatic carbocycles. The molecule has 0 aliphatic carbocycles. The summed E-state index contributed by atoms with van der Waals surface area (Å²) in [6, 6.07) is 12.0. The third kappa shape index (κ3) is 4.81. The first kappa shape index (κ1) is 19.4. The summed E-state index contributed by atoms with van der Waals surface area (Å²) in [7, 11) is -2.66. The summed E-state index contributed by atoms with van der Waals surface area (Å²) < 4.78 is 38.8. The molecule has 0 radical (unpaired) electrons. The summed E-state index contributed by atoms with van der Waals surface area (Å²) in [6.07, 6.45) is 0. The van der Waals surface area contributed by atoms with E-state index in [0.29, 0.717) is 10.0 Å². The van der Waals surface area contributed by atoms with E-state index >= 15 is 0 Å². The van der Waals surface area contributed by atoms with Gasteiger partial charge in [-0.2, -0.15) is 4.72 Å². The maximum absolute atomic E-state index is 12.8. The van der Waals surface area contributed by atoms with E-state index in [9.17, 15) is 13.2 Å². The average molecular weight is 428 g/mol. The van der Waals surface area contributed by atoms with Crippen LogP contribution in [0.15, 0.2) is 57.9 Å². The van der Waals surface area contributed by atoms with Gasteiger partial charge in [-0.1, -0.05) is 46.3 Å². The van der Waals surface area contributed by atoms with Crippen LogP contribution in [0.25, 0.3) is 0 Å². The predicted molar refractivity (Wildman–Crippen MR) is 96.8 cm³/mol. The molecule has 0 amide bonds. The van der Waals surface area contributed by atoms with E-state index in [1.54, 1.807) is 43.3 Å². The number of rotatable bonds is 7. The number of carbonyl (C=O) groups excluding carboxylic acids is 1. The second-order valence-electron chi connectivity index (χ2n) is 5.01. The minimum atomic E-state index is -4.04. The van der Waals surface area contributed by atoms with Gasteiger partial charge in [0.2, 0.25) is 10.0 Å². The van der Waals surface area contributed by atoms with Crippen LogP contribution in [0.5, 0.6) is 5.75 Å². The maximum Gasteiger partial charge on any atom is 0.328 e. The minimum absolute atomic E-state index is 0.0744. The fourth-order valence-corrected chi connectivity index (χ4v) is 4.08. The van der Waals surface area contributed by atoms with E-state index < -0.39 is 22.0 Å². The number of ether oxygens (including phenoxy) is 2. The Bertz CT molecular complexity index is 839. The van der Waals surface area contributed by atoms with Crippen molar-refractivity contribution in [3.05, 3.63) is 58.6 Å². The lowest BCUT2D eigenvalue weighted by atomic mass is 10.1. The van der Waals surface area contributed by atoms with E-state index in [4.69, 9.17) is 9.47 Å². The molecule has 8 heteroatoms. The molecular formula is C17H18BrNO5S. The number of nitrogens with one attached hydrogen (secondary N) is 1. The van der Waals surface area contributed by atoms with E-state index in [-0.39, 0.29) is 17.3 Å². The van der Waals surface area contributed by atoms with Crippen LogP contribution in [0.3, 0.4) is 0 Å². The largest absolute Gasteiger partial charge is 0.495 e. The Morgan fingerprint density at radius 1 is 1.20 bits per heavy atom. The summed E-state index contributed by atoms with van der Waals surface area (Å²) in [6.45, 7) is 1.80. The molecule has 6 nitrogen and oxygen atoms in total. The molecule has 1 unspecified atom stereocenters. The molecule has 2 rings (SSSR count). The number of benzene rings is 2. The quantitative estimate of drug-likeness (QED) is 0.686. The zero-order valence-corrected chi connectivity index (χ0v) is 16.1. The van der Waals surface area contributed by atoms with Crippen LogP contribution < -0.4 is 9.46 Å². The first-order chi connectivity index (χ1) is 11.9. The van der Waals surface area contributed by atoms with Crippen molar-refractivity contribution in [2.24, 2.45) is 0 Å². The van der Waals surface area contributed by atoms with Gasteiger partial charge in [-0.05, 0) is 30.7 Å². The van der Waals surface area contributed by atoms with Crippen molar-refractivity contribution >= 4 is 31.9 Å². The highest BCUT2D eigenvalue weighted by Crippen LogP contribution is 2.28. The molecule has 0 saturated heterocycles. The van der Waals surface area contributed by atoms with Crippen molar-refractivity contribution in [1.29, 1.82) is 0 Å². The third-order valence-corrected chi connectivity index (χ3v) is 5.28. The Labute approximate surface area is 155 Å². The monoisotopic (exact) mass is 427 g/mol. The zero-order valence-electron chi connectivity index (χ0n) is 13.7. The molecule has 0 fully saturated rings. The third-order valence-electron chi connectivity index (χ3n) is 3.34. The van der Waals surface area contributed by atoms with Crippen LogP contribution in [0.2, 0.25) is 0 Å². The Morgan fingerprint density at radius 2 is 1.88 bits per heavy atom. The van der Waals surface area contributed by atoms with E-state index in [1.165, 1.54) is 19.2 Å². The lowest BCUT2D eigenvalue weighted by Gasteiger charge is -2.19. The minimum Gasteiger partial charge on any atom is -0.495 e. The van der Waals surface area contributed by atoms with E-state index in [2.05, 4.69) is 20.7 Å². The molecular weight excluding hydrogens is 410 g/mol. The lowest BCUT2D eigenvalue weighted by Crippen LogP contribution is -2.35. The number of sulfonamides is 1. The highest BCUT2D eigenvalue weighted by atomic mass is 79.9. The second kappa shape index (κ2) is 8.46. The van der Waals surface area contributed by atoms with E-state index in [1.807, 2.05) is 0 Å². The Morgan fingerprint density at radius 3 is 2.48 bits per heavy atom. The summed E-state index contributed by atoms with van der Waals surface area (Å²) in [5, 5.41) is 0. The number of hydrogen-bond donors (Lipinski definition) is 1.